The highest BCUT2D eigenvalue weighted by molar-refractivity contribution is 5.89. The van der Waals surface area contributed by atoms with E-state index in [2.05, 4.69) is 20.9 Å². The molecule has 0 bridgehead atoms. The number of hydrogen-bond donors (Lipinski definition) is 7. The molecule has 10 heteroatoms. The van der Waals surface area contributed by atoms with Crippen molar-refractivity contribution in [2.45, 2.75) is 31.1 Å². The molecule has 2 fully saturated rings. The van der Waals surface area contributed by atoms with Crippen LogP contribution in [0, 0.1) is 0 Å². The summed E-state index contributed by atoms with van der Waals surface area (Å²) in [6.07, 6.45) is -2.63. The fourth-order valence-corrected chi connectivity index (χ4v) is 2.09. The van der Waals surface area contributed by atoms with Gasteiger partial charge in [-0.25, -0.2) is 10.1 Å². The molecule has 3 rings (SSSR count). The molecule has 3 aliphatic rings. The van der Waals surface area contributed by atoms with Gasteiger partial charge in [-0.05, 0) is 0 Å². The molecule has 10 nitrogen and oxygen atoms in total. The highest BCUT2D eigenvalue weighted by Crippen LogP contribution is 2.19. The van der Waals surface area contributed by atoms with E-state index in [0.29, 0.717) is 5.84 Å². The molecule has 5 unspecified atom stereocenters. The standard InChI is InChI=1S/C6H14N8O2/c7-5-10-1-3(13(5)15)12-4-2(9-1)11-6(8)14(4)16/h1-3,5-6,9-11,15-16H,7-8H2. The number of hydroxylamine groups is 4. The number of rotatable bonds is 0. The molecule has 0 aromatic rings. The van der Waals surface area contributed by atoms with E-state index in [1.807, 2.05) is 0 Å². The minimum absolute atomic E-state index is 0.292. The van der Waals surface area contributed by atoms with E-state index in [0.717, 1.165) is 10.1 Å². The molecule has 0 spiro atoms. The number of nitrogens with zero attached hydrogens (tertiary/aromatic N) is 3. The lowest BCUT2D eigenvalue weighted by molar-refractivity contribution is -0.135. The van der Waals surface area contributed by atoms with E-state index in [1.165, 1.54) is 0 Å². The highest BCUT2D eigenvalue weighted by Gasteiger charge is 2.47. The van der Waals surface area contributed by atoms with Crippen LogP contribution in [0.25, 0.3) is 0 Å². The number of aliphatic imine (C=N–C) groups is 1. The fourth-order valence-electron chi connectivity index (χ4n) is 2.09. The van der Waals surface area contributed by atoms with Crippen LogP contribution in [0.2, 0.25) is 0 Å². The Hall–Kier alpha value is -0.850. The quantitative estimate of drug-likeness (QED) is 0.221. The third kappa shape index (κ3) is 1.27. The van der Waals surface area contributed by atoms with Crippen molar-refractivity contribution in [2.75, 3.05) is 0 Å². The minimum atomic E-state index is -0.712. The zero-order chi connectivity index (χ0) is 11.4. The molecule has 90 valence electrons. The van der Waals surface area contributed by atoms with Crippen LogP contribution in [0.1, 0.15) is 0 Å². The molecule has 9 N–H and O–H groups in total. The molecule has 0 amide bonds. The van der Waals surface area contributed by atoms with Gasteiger partial charge in [-0.15, -0.1) is 5.06 Å². The average Bonchev–Trinajstić information content (AvgIpc) is 2.66. The van der Waals surface area contributed by atoms with Crippen LogP contribution in [0.4, 0.5) is 0 Å². The van der Waals surface area contributed by atoms with Crippen molar-refractivity contribution >= 4 is 5.84 Å². The first-order chi connectivity index (χ1) is 7.58. The van der Waals surface area contributed by atoms with Crippen molar-refractivity contribution in [3.05, 3.63) is 0 Å². The van der Waals surface area contributed by atoms with Crippen molar-refractivity contribution in [1.82, 2.24) is 26.1 Å². The predicted octanol–water partition coefficient (Wildman–Crippen LogP) is -3.96. The number of fused-ring (bicyclic) bond motifs is 2. The Kier molecular flexibility index (Phi) is 2.14. The summed E-state index contributed by atoms with van der Waals surface area (Å²) in [4.78, 5) is 4.19. The Bertz CT molecular complexity index is 336. The van der Waals surface area contributed by atoms with Crippen LogP contribution < -0.4 is 27.4 Å². The maximum absolute atomic E-state index is 9.61. The van der Waals surface area contributed by atoms with Crippen LogP contribution in [0.5, 0.6) is 0 Å². The SMILES string of the molecule is NC1NC2NC3NC(N)N(O)C3N=C2N1O. The molecule has 16 heavy (non-hydrogen) atoms. The fraction of sp³-hybridized carbons (Fsp3) is 0.833. The number of amidine groups is 1. The zero-order valence-corrected chi connectivity index (χ0v) is 8.28. The molecular formula is C6H14N8O2. The lowest BCUT2D eigenvalue weighted by Crippen LogP contribution is -2.60. The predicted molar refractivity (Wildman–Crippen MR) is 51.4 cm³/mol. The van der Waals surface area contributed by atoms with E-state index in [9.17, 15) is 10.4 Å². The van der Waals surface area contributed by atoms with Gasteiger partial charge in [0.1, 0.15) is 18.6 Å². The topological polar surface area (TPSA) is 147 Å². The molecule has 0 aromatic heterocycles. The summed E-state index contributed by atoms with van der Waals surface area (Å²) in [5.41, 5.74) is 11.2. The van der Waals surface area contributed by atoms with E-state index in [4.69, 9.17) is 11.5 Å². The lowest BCUT2D eigenvalue weighted by atomic mass is 10.3. The molecule has 2 saturated heterocycles. The summed E-state index contributed by atoms with van der Waals surface area (Å²) in [5, 5.41) is 29.8. The van der Waals surface area contributed by atoms with E-state index in [-0.39, 0.29) is 12.3 Å². The third-order valence-corrected chi connectivity index (χ3v) is 2.91. The van der Waals surface area contributed by atoms with Gasteiger partial charge in [0.05, 0.1) is 0 Å². The summed E-state index contributed by atoms with van der Waals surface area (Å²) >= 11 is 0. The van der Waals surface area contributed by atoms with Gasteiger partial charge in [-0.1, -0.05) is 0 Å². The van der Waals surface area contributed by atoms with Crippen molar-refractivity contribution < 1.29 is 10.4 Å². The first kappa shape index (κ1) is 10.3. The van der Waals surface area contributed by atoms with E-state index >= 15 is 0 Å². The molecule has 3 heterocycles. The highest BCUT2D eigenvalue weighted by atomic mass is 16.5. The van der Waals surface area contributed by atoms with Crippen LogP contribution >= 0.6 is 0 Å². The van der Waals surface area contributed by atoms with Gasteiger partial charge in [-0.2, -0.15) is 0 Å². The molecule has 3 aliphatic heterocycles. The minimum Gasteiger partial charge on any atom is -0.309 e. The van der Waals surface area contributed by atoms with Gasteiger partial charge >= 0.3 is 0 Å². The van der Waals surface area contributed by atoms with Crippen LogP contribution in [0.3, 0.4) is 0 Å². The van der Waals surface area contributed by atoms with Crippen LogP contribution in [0.15, 0.2) is 4.99 Å². The number of nitrogens with one attached hydrogen (secondary N) is 3. The number of hydrogen-bond acceptors (Lipinski definition) is 10. The molecule has 0 radical (unpaired) electrons. The number of nitrogens with two attached hydrogens (primary N) is 2. The first-order valence-corrected chi connectivity index (χ1v) is 4.90. The van der Waals surface area contributed by atoms with Crippen LogP contribution in [-0.2, 0) is 0 Å². The maximum Gasteiger partial charge on any atom is 0.161 e. The zero-order valence-electron chi connectivity index (χ0n) is 8.28. The summed E-state index contributed by atoms with van der Waals surface area (Å²) in [5.74, 6) is 0.337. The summed E-state index contributed by atoms with van der Waals surface area (Å²) in [6.45, 7) is 0. The first-order valence-electron chi connectivity index (χ1n) is 4.90. The van der Waals surface area contributed by atoms with Gasteiger partial charge < -0.3 is 10.9 Å². The normalized spacial score (nSPS) is 47.9. The van der Waals surface area contributed by atoms with E-state index < -0.39 is 18.7 Å². The van der Waals surface area contributed by atoms with Gasteiger partial charge in [-0.3, -0.25) is 26.9 Å². The Morgan fingerprint density at radius 1 is 1.12 bits per heavy atom. The van der Waals surface area contributed by atoms with Crippen molar-refractivity contribution in [3.8, 4) is 0 Å². The second kappa shape index (κ2) is 3.32. The molecule has 0 saturated carbocycles. The molecule has 0 aliphatic carbocycles. The van der Waals surface area contributed by atoms with Crippen LogP contribution in [-0.4, -0.2) is 57.5 Å². The Balaban J connectivity index is 1.90. The molecule has 0 aromatic carbocycles. The summed E-state index contributed by atoms with van der Waals surface area (Å²) < 4.78 is 0. The summed E-state index contributed by atoms with van der Waals surface area (Å²) in [6, 6.07) is 0. The van der Waals surface area contributed by atoms with Crippen molar-refractivity contribution in [3.63, 3.8) is 0 Å². The third-order valence-electron chi connectivity index (χ3n) is 2.91. The Labute approximate surface area is 90.8 Å². The maximum atomic E-state index is 9.61. The Morgan fingerprint density at radius 2 is 1.88 bits per heavy atom. The van der Waals surface area contributed by atoms with Gasteiger partial charge in [0.25, 0.3) is 0 Å². The second-order valence-electron chi connectivity index (χ2n) is 3.93. The second-order valence-corrected chi connectivity index (χ2v) is 3.93. The lowest BCUT2D eigenvalue weighted by Gasteiger charge is -2.29. The summed E-state index contributed by atoms with van der Waals surface area (Å²) in [7, 11) is 0. The van der Waals surface area contributed by atoms with Gasteiger partial charge in [0.2, 0.25) is 0 Å². The van der Waals surface area contributed by atoms with Gasteiger partial charge in [0.15, 0.2) is 18.3 Å². The van der Waals surface area contributed by atoms with Crippen molar-refractivity contribution in [1.29, 1.82) is 0 Å². The van der Waals surface area contributed by atoms with Gasteiger partial charge in [0, 0.05) is 0 Å². The molecular weight excluding hydrogens is 216 g/mol. The van der Waals surface area contributed by atoms with E-state index in [1.54, 1.807) is 0 Å². The monoisotopic (exact) mass is 230 g/mol. The molecule has 5 atom stereocenters. The van der Waals surface area contributed by atoms with Crippen molar-refractivity contribution in [2.24, 2.45) is 16.5 Å². The smallest absolute Gasteiger partial charge is 0.161 e. The average molecular weight is 230 g/mol. The largest absolute Gasteiger partial charge is 0.309 e. The Morgan fingerprint density at radius 3 is 2.62 bits per heavy atom.